The zero-order valence-electron chi connectivity index (χ0n) is 9.82. The molecule has 0 radical (unpaired) electrons. The second-order valence-corrected chi connectivity index (χ2v) is 4.58. The predicted molar refractivity (Wildman–Crippen MR) is 61.0 cm³/mol. The molecule has 0 aromatic carbocycles. The summed E-state index contributed by atoms with van der Waals surface area (Å²) in [6, 6.07) is -0.805. The fourth-order valence-corrected chi connectivity index (χ4v) is 1.76. The van der Waals surface area contributed by atoms with Gasteiger partial charge in [-0.1, -0.05) is 25.5 Å². The van der Waals surface area contributed by atoms with Crippen molar-refractivity contribution in [2.24, 2.45) is 5.41 Å². The van der Waals surface area contributed by atoms with Gasteiger partial charge in [0.25, 0.3) is 0 Å². The number of allylic oxidation sites excluding steroid dienone is 1. The zero-order valence-corrected chi connectivity index (χ0v) is 9.82. The summed E-state index contributed by atoms with van der Waals surface area (Å²) in [5.74, 6) is -1.11. The van der Waals surface area contributed by atoms with E-state index < -0.39 is 12.0 Å². The summed E-state index contributed by atoms with van der Waals surface area (Å²) in [6.07, 6.45) is 6.64. The maximum atomic E-state index is 11.8. The van der Waals surface area contributed by atoms with E-state index in [-0.39, 0.29) is 11.3 Å². The van der Waals surface area contributed by atoms with E-state index in [4.69, 9.17) is 5.11 Å². The number of carboxylic acid groups (broad SMARTS) is 1. The first kappa shape index (κ1) is 12.7. The summed E-state index contributed by atoms with van der Waals surface area (Å²) in [6.45, 7) is 3.72. The third-order valence-electron chi connectivity index (χ3n) is 3.22. The number of carbonyl (C=O) groups is 2. The summed E-state index contributed by atoms with van der Waals surface area (Å²) in [7, 11) is 0. The Kier molecular flexibility index (Phi) is 4.10. The molecule has 16 heavy (non-hydrogen) atoms. The summed E-state index contributed by atoms with van der Waals surface area (Å²) < 4.78 is 0. The molecule has 2 N–H and O–H groups in total. The summed E-state index contributed by atoms with van der Waals surface area (Å²) in [5, 5.41) is 11.6. The van der Waals surface area contributed by atoms with Gasteiger partial charge in [-0.15, -0.1) is 0 Å². The highest BCUT2D eigenvalue weighted by molar-refractivity contribution is 5.87. The Bertz CT molecular complexity index is 305. The van der Waals surface area contributed by atoms with Gasteiger partial charge in [0, 0.05) is 5.41 Å². The van der Waals surface area contributed by atoms with Crippen molar-refractivity contribution >= 4 is 11.9 Å². The average molecular weight is 225 g/mol. The molecule has 1 rings (SSSR count). The van der Waals surface area contributed by atoms with Crippen molar-refractivity contribution in [3.05, 3.63) is 12.2 Å². The van der Waals surface area contributed by atoms with Crippen molar-refractivity contribution in [3.63, 3.8) is 0 Å². The van der Waals surface area contributed by atoms with Gasteiger partial charge in [0.1, 0.15) is 6.04 Å². The number of carboxylic acids is 1. The smallest absolute Gasteiger partial charge is 0.326 e. The lowest BCUT2D eigenvalue weighted by molar-refractivity contribution is -0.145. The van der Waals surface area contributed by atoms with E-state index >= 15 is 0 Å². The Hall–Kier alpha value is -1.32. The molecule has 90 valence electrons. The molecule has 4 nitrogen and oxygen atoms in total. The predicted octanol–water partition coefficient (Wildman–Crippen LogP) is 1.71. The van der Waals surface area contributed by atoms with Gasteiger partial charge in [-0.05, 0) is 26.2 Å². The zero-order chi connectivity index (χ0) is 12.2. The standard InChI is InChI=1S/C12H19NO3/c1-3-4-6-9(10(14)15)13-11(16)12(2)7-5-8-12/h3-4,9H,5-8H2,1-2H3,(H,13,16)(H,14,15)/b4-3+. The molecular formula is C12H19NO3. The van der Waals surface area contributed by atoms with Crippen molar-refractivity contribution in [2.45, 2.75) is 45.6 Å². The maximum absolute atomic E-state index is 11.8. The number of carbonyl (C=O) groups excluding carboxylic acids is 1. The summed E-state index contributed by atoms with van der Waals surface area (Å²) in [5.41, 5.74) is -0.344. The van der Waals surface area contributed by atoms with Gasteiger partial charge in [-0.2, -0.15) is 0 Å². The lowest BCUT2D eigenvalue weighted by atomic mass is 9.69. The van der Waals surface area contributed by atoms with Crippen molar-refractivity contribution in [1.82, 2.24) is 5.32 Å². The minimum Gasteiger partial charge on any atom is -0.480 e. The molecule has 1 atom stereocenters. The molecule has 0 heterocycles. The molecule has 1 saturated carbocycles. The van der Waals surface area contributed by atoms with Crippen LogP contribution in [0, 0.1) is 5.41 Å². The molecule has 1 amide bonds. The van der Waals surface area contributed by atoms with Crippen LogP contribution in [-0.2, 0) is 9.59 Å². The topological polar surface area (TPSA) is 66.4 Å². The molecule has 0 aromatic heterocycles. The molecule has 0 bridgehead atoms. The first-order chi connectivity index (χ1) is 7.49. The number of aliphatic carboxylic acids is 1. The van der Waals surface area contributed by atoms with Crippen LogP contribution in [0.3, 0.4) is 0 Å². The number of rotatable bonds is 5. The highest BCUT2D eigenvalue weighted by atomic mass is 16.4. The monoisotopic (exact) mass is 225 g/mol. The van der Waals surface area contributed by atoms with Crippen LogP contribution in [0.2, 0.25) is 0 Å². The van der Waals surface area contributed by atoms with Gasteiger partial charge < -0.3 is 10.4 Å². The average Bonchev–Trinajstić information content (AvgIpc) is 2.19. The molecular weight excluding hydrogens is 206 g/mol. The fraction of sp³-hybridized carbons (Fsp3) is 0.667. The van der Waals surface area contributed by atoms with Crippen molar-refractivity contribution in [3.8, 4) is 0 Å². The lowest BCUT2D eigenvalue weighted by Gasteiger charge is -2.37. The van der Waals surface area contributed by atoms with Crippen LogP contribution in [-0.4, -0.2) is 23.0 Å². The number of amides is 1. The fourth-order valence-electron chi connectivity index (χ4n) is 1.76. The lowest BCUT2D eigenvalue weighted by Crippen LogP contribution is -2.49. The van der Waals surface area contributed by atoms with Crippen molar-refractivity contribution in [2.75, 3.05) is 0 Å². The molecule has 0 aromatic rings. The molecule has 1 unspecified atom stereocenters. The van der Waals surface area contributed by atoms with E-state index in [1.807, 2.05) is 13.8 Å². The number of hydrogen-bond acceptors (Lipinski definition) is 2. The molecule has 4 heteroatoms. The third kappa shape index (κ3) is 2.84. The molecule has 0 saturated heterocycles. The van der Waals surface area contributed by atoms with E-state index in [1.54, 1.807) is 12.2 Å². The quantitative estimate of drug-likeness (QED) is 0.700. The van der Waals surface area contributed by atoms with Crippen LogP contribution in [0.1, 0.15) is 39.5 Å². The normalized spacial score (nSPS) is 20.1. The largest absolute Gasteiger partial charge is 0.480 e. The Morgan fingerprint density at radius 1 is 1.50 bits per heavy atom. The summed E-state index contributed by atoms with van der Waals surface area (Å²) >= 11 is 0. The van der Waals surface area contributed by atoms with Crippen LogP contribution in [0.5, 0.6) is 0 Å². The first-order valence-corrected chi connectivity index (χ1v) is 5.64. The van der Waals surface area contributed by atoms with Gasteiger partial charge in [0.05, 0.1) is 0 Å². The van der Waals surface area contributed by atoms with Crippen LogP contribution in [0.15, 0.2) is 12.2 Å². The van der Waals surface area contributed by atoms with Gasteiger partial charge >= 0.3 is 5.97 Å². The maximum Gasteiger partial charge on any atom is 0.326 e. The van der Waals surface area contributed by atoms with Gasteiger partial charge in [0.15, 0.2) is 0 Å². The van der Waals surface area contributed by atoms with Crippen molar-refractivity contribution < 1.29 is 14.7 Å². The second-order valence-electron chi connectivity index (χ2n) is 4.58. The minimum absolute atomic E-state index is 0.129. The van der Waals surface area contributed by atoms with Crippen LogP contribution in [0.25, 0.3) is 0 Å². The Morgan fingerprint density at radius 3 is 2.50 bits per heavy atom. The molecule has 1 fully saturated rings. The third-order valence-corrected chi connectivity index (χ3v) is 3.22. The number of nitrogens with one attached hydrogen (secondary N) is 1. The van der Waals surface area contributed by atoms with Crippen LogP contribution < -0.4 is 5.32 Å². The second kappa shape index (κ2) is 5.14. The van der Waals surface area contributed by atoms with E-state index in [1.165, 1.54) is 0 Å². The van der Waals surface area contributed by atoms with Crippen molar-refractivity contribution in [1.29, 1.82) is 0 Å². The van der Waals surface area contributed by atoms with E-state index in [2.05, 4.69) is 5.32 Å². The highest BCUT2D eigenvalue weighted by Gasteiger charge is 2.40. The molecule has 0 aliphatic heterocycles. The Balaban J connectivity index is 2.54. The molecule has 0 spiro atoms. The van der Waals surface area contributed by atoms with Gasteiger partial charge in [-0.25, -0.2) is 4.79 Å². The van der Waals surface area contributed by atoms with Gasteiger partial charge in [-0.3, -0.25) is 4.79 Å². The van der Waals surface area contributed by atoms with Gasteiger partial charge in [0.2, 0.25) is 5.91 Å². The van der Waals surface area contributed by atoms with E-state index in [9.17, 15) is 9.59 Å². The van der Waals surface area contributed by atoms with Crippen LogP contribution >= 0.6 is 0 Å². The van der Waals surface area contributed by atoms with E-state index in [0.717, 1.165) is 19.3 Å². The Labute approximate surface area is 95.7 Å². The summed E-state index contributed by atoms with van der Waals surface area (Å²) in [4.78, 5) is 22.8. The number of hydrogen-bond donors (Lipinski definition) is 2. The SMILES string of the molecule is C/C=C/CC(NC(=O)C1(C)CCC1)C(=O)O. The van der Waals surface area contributed by atoms with E-state index in [0.29, 0.717) is 6.42 Å². The minimum atomic E-state index is -0.977. The first-order valence-electron chi connectivity index (χ1n) is 5.64. The molecule has 1 aliphatic carbocycles. The highest BCUT2D eigenvalue weighted by Crippen LogP contribution is 2.40. The molecule has 1 aliphatic rings. The Morgan fingerprint density at radius 2 is 2.12 bits per heavy atom. The van der Waals surface area contributed by atoms with Crippen LogP contribution in [0.4, 0.5) is 0 Å².